The fourth-order valence-electron chi connectivity index (χ4n) is 2.91. The summed E-state index contributed by atoms with van der Waals surface area (Å²) in [5.74, 6) is -0.0693. The number of allylic oxidation sites excluding steroid dienone is 1. The summed E-state index contributed by atoms with van der Waals surface area (Å²) in [6, 6.07) is 18.9. The molecule has 0 fully saturated rings. The highest BCUT2D eigenvalue weighted by atomic mass is 16.1. The number of nitrogens with zero attached hydrogens (tertiary/aromatic N) is 2. The Morgan fingerprint density at radius 1 is 0.960 bits per heavy atom. The fourth-order valence-corrected chi connectivity index (χ4v) is 2.91. The monoisotopic (exact) mass is 332 g/mol. The molecule has 0 saturated carbocycles. The van der Waals surface area contributed by atoms with Gasteiger partial charge in [-0.25, -0.2) is 4.68 Å². The lowest BCUT2D eigenvalue weighted by Crippen LogP contribution is -2.20. The number of aromatic nitrogens is 2. The van der Waals surface area contributed by atoms with E-state index in [2.05, 4.69) is 0 Å². The van der Waals surface area contributed by atoms with Gasteiger partial charge in [0.05, 0.1) is 11.3 Å². The number of para-hydroxylation sites is 1. The summed E-state index contributed by atoms with van der Waals surface area (Å²) in [5.41, 5.74) is 3.34. The molecule has 0 spiro atoms. The van der Waals surface area contributed by atoms with Crippen molar-refractivity contribution < 1.29 is 4.79 Å². The molecule has 0 aliphatic heterocycles. The molecule has 0 aliphatic carbocycles. The van der Waals surface area contributed by atoms with Gasteiger partial charge in [0, 0.05) is 18.3 Å². The molecule has 25 heavy (non-hydrogen) atoms. The zero-order valence-electron chi connectivity index (χ0n) is 14.6. The molecular formula is C21H20N2O2. The van der Waals surface area contributed by atoms with Gasteiger partial charge < -0.3 is 0 Å². The number of benzene rings is 2. The predicted octanol–water partition coefficient (Wildman–Crippen LogP) is 3.61. The zero-order valence-corrected chi connectivity index (χ0v) is 14.6. The van der Waals surface area contributed by atoms with Crippen LogP contribution in [0.5, 0.6) is 0 Å². The molecule has 2 aromatic carbocycles. The average molecular weight is 332 g/mol. The first kappa shape index (κ1) is 16.7. The molecule has 0 atom stereocenters. The molecule has 4 nitrogen and oxygen atoms in total. The Kier molecular flexibility index (Phi) is 4.52. The Morgan fingerprint density at radius 2 is 1.52 bits per heavy atom. The molecule has 0 bridgehead atoms. The second kappa shape index (κ2) is 6.77. The molecule has 1 aromatic heterocycles. The molecule has 3 aromatic rings. The van der Waals surface area contributed by atoms with Gasteiger partial charge in [0.1, 0.15) is 0 Å². The first-order valence-electron chi connectivity index (χ1n) is 8.12. The van der Waals surface area contributed by atoms with Gasteiger partial charge in [-0.3, -0.25) is 14.3 Å². The predicted molar refractivity (Wildman–Crippen MR) is 101 cm³/mol. The van der Waals surface area contributed by atoms with E-state index in [-0.39, 0.29) is 11.3 Å². The van der Waals surface area contributed by atoms with Gasteiger partial charge in [-0.05, 0) is 37.6 Å². The van der Waals surface area contributed by atoms with E-state index in [0.717, 1.165) is 16.9 Å². The quantitative estimate of drug-likeness (QED) is 0.685. The molecule has 4 heteroatoms. The Hall–Kier alpha value is -3.14. The molecule has 1 heterocycles. The van der Waals surface area contributed by atoms with Crippen LogP contribution >= 0.6 is 0 Å². The number of rotatable bonds is 4. The summed E-state index contributed by atoms with van der Waals surface area (Å²) < 4.78 is 3.43. The molecule has 0 saturated heterocycles. The zero-order chi connectivity index (χ0) is 18.0. The molecule has 0 amide bonds. The molecule has 0 aliphatic rings. The van der Waals surface area contributed by atoms with E-state index in [9.17, 15) is 9.59 Å². The van der Waals surface area contributed by atoms with Gasteiger partial charge in [-0.2, -0.15) is 0 Å². The summed E-state index contributed by atoms with van der Waals surface area (Å²) in [5, 5.41) is 0. The summed E-state index contributed by atoms with van der Waals surface area (Å²) in [4.78, 5) is 25.1. The van der Waals surface area contributed by atoms with Gasteiger partial charge in [0.15, 0.2) is 5.78 Å². The fraction of sp³-hybridized carbons (Fsp3) is 0.143. The number of ketones is 1. The standard InChI is InChI=1S/C21H20N2O2/c1-15-19(14-20(16(2)24)17-10-6-4-7-11-17)21(25)23(22(15)3)18-12-8-5-9-13-18/h4-14H,1-3H3. The SMILES string of the molecule is CC(=O)C(=Cc1c(C)n(C)n(-c2ccccc2)c1=O)c1ccccc1. The average Bonchev–Trinajstić information content (AvgIpc) is 2.83. The van der Waals surface area contributed by atoms with E-state index >= 15 is 0 Å². The normalized spacial score (nSPS) is 11.6. The number of carbonyl (C=O) groups is 1. The molecular weight excluding hydrogens is 312 g/mol. The first-order chi connectivity index (χ1) is 12.0. The third-order valence-corrected chi connectivity index (χ3v) is 4.35. The largest absolute Gasteiger partial charge is 0.294 e. The van der Waals surface area contributed by atoms with Crippen molar-refractivity contribution in [1.29, 1.82) is 0 Å². The third kappa shape index (κ3) is 3.11. The molecule has 0 unspecified atom stereocenters. The maximum Gasteiger partial charge on any atom is 0.278 e. The summed E-state index contributed by atoms with van der Waals surface area (Å²) in [7, 11) is 1.84. The van der Waals surface area contributed by atoms with Gasteiger partial charge in [-0.15, -0.1) is 0 Å². The van der Waals surface area contributed by atoms with Crippen molar-refractivity contribution in [3.05, 3.63) is 87.8 Å². The van der Waals surface area contributed by atoms with Crippen LogP contribution in [0.2, 0.25) is 0 Å². The van der Waals surface area contributed by atoms with E-state index in [0.29, 0.717) is 11.1 Å². The summed E-state index contributed by atoms with van der Waals surface area (Å²) >= 11 is 0. The highest BCUT2D eigenvalue weighted by molar-refractivity contribution is 6.24. The van der Waals surface area contributed by atoms with Crippen LogP contribution < -0.4 is 5.56 Å². The summed E-state index contributed by atoms with van der Waals surface area (Å²) in [6.07, 6.45) is 1.70. The topological polar surface area (TPSA) is 44.0 Å². The minimum atomic E-state index is -0.138. The number of hydrogen-bond donors (Lipinski definition) is 0. The van der Waals surface area contributed by atoms with Crippen molar-refractivity contribution in [2.24, 2.45) is 7.05 Å². The van der Waals surface area contributed by atoms with E-state index in [1.54, 1.807) is 10.8 Å². The van der Waals surface area contributed by atoms with Crippen LogP contribution in [0.3, 0.4) is 0 Å². The van der Waals surface area contributed by atoms with Crippen LogP contribution in [0.15, 0.2) is 65.5 Å². The Morgan fingerprint density at radius 3 is 2.08 bits per heavy atom. The number of Topliss-reactive ketones (excluding diaryl/α,β-unsaturated/α-hetero) is 1. The van der Waals surface area contributed by atoms with Crippen molar-refractivity contribution >= 4 is 17.4 Å². The lowest BCUT2D eigenvalue weighted by atomic mass is 10.00. The molecule has 0 radical (unpaired) electrons. The molecule has 0 N–H and O–H groups in total. The Labute approximate surface area is 146 Å². The van der Waals surface area contributed by atoms with Crippen LogP contribution in [0.1, 0.15) is 23.7 Å². The van der Waals surface area contributed by atoms with Crippen molar-refractivity contribution in [2.75, 3.05) is 0 Å². The van der Waals surface area contributed by atoms with E-state index in [1.165, 1.54) is 6.92 Å². The molecule has 126 valence electrons. The Bertz CT molecular complexity index is 994. The van der Waals surface area contributed by atoms with E-state index < -0.39 is 0 Å². The van der Waals surface area contributed by atoms with Crippen molar-refractivity contribution in [3.63, 3.8) is 0 Å². The van der Waals surface area contributed by atoms with Gasteiger partial charge in [0.2, 0.25) is 0 Å². The summed E-state index contributed by atoms with van der Waals surface area (Å²) in [6.45, 7) is 3.41. The van der Waals surface area contributed by atoms with Gasteiger partial charge in [-0.1, -0.05) is 48.5 Å². The van der Waals surface area contributed by atoms with E-state index in [1.807, 2.05) is 79.3 Å². The van der Waals surface area contributed by atoms with Crippen LogP contribution in [-0.2, 0) is 11.8 Å². The van der Waals surface area contributed by atoms with E-state index in [4.69, 9.17) is 0 Å². The second-order valence-corrected chi connectivity index (χ2v) is 5.96. The third-order valence-electron chi connectivity index (χ3n) is 4.35. The Balaban J connectivity index is 2.21. The number of carbonyl (C=O) groups excluding carboxylic acids is 1. The minimum absolute atomic E-state index is 0.0693. The van der Waals surface area contributed by atoms with Crippen LogP contribution in [0, 0.1) is 6.92 Å². The second-order valence-electron chi connectivity index (χ2n) is 5.96. The van der Waals surface area contributed by atoms with Crippen LogP contribution in [0.25, 0.3) is 17.3 Å². The van der Waals surface area contributed by atoms with Gasteiger partial charge in [0.25, 0.3) is 5.56 Å². The highest BCUT2D eigenvalue weighted by Crippen LogP contribution is 2.20. The molecule has 3 rings (SSSR count). The van der Waals surface area contributed by atoms with Gasteiger partial charge >= 0.3 is 0 Å². The van der Waals surface area contributed by atoms with Crippen molar-refractivity contribution in [3.8, 4) is 5.69 Å². The highest BCUT2D eigenvalue weighted by Gasteiger charge is 2.16. The van der Waals surface area contributed by atoms with Crippen LogP contribution in [0.4, 0.5) is 0 Å². The lowest BCUT2D eigenvalue weighted by molar-refractivity contribution is -0.111. The lowest BCUT2D eigenvalue weighted by Gasteiger charge is -2.07. The first-order valence-corrected chi connectivity index (χ1v) is 8.12. The van der Waals surface area contributed by atoms with Crippen LogP contribution in [-0.4, -0.2) is 15.1 Å². The maximum atomic E-state index is 13.0. The van der Waals surface area contributed by atoms with Crippen molar-refractivity contribution in [2.45, 2.75) is 13.8 Å². The minimum Gasteiger partial charge on any atom is -0.294 e. The number of hydrogen-bond acceptors (Lipinski definition) is 2. The maximum absolute atomic E-state index is 13.0. The van der Waals surface area contributed by atoms with Crippen molar-refractivity contribution in [1.82, 2.24) is 9.36 Å². The smallest absolute Gasteiger partial charge is 0.278 e.